The lowest BCUT2D eigenvalue weighted by atomic mass is 10.0. The molecule has 2 rings (SSSR count). The van der Waals surface area contributed by atoms with Crippen LogP contribution in [0.2, 0.25) is 5.02 Å². The van der Waals surface area contributed by atoms with E-state index in [1.54, 1.807) is 6.07 Å². The van der Waals surface area contributed by atoms with E-state index in [2.05, 4.69) is 6.92 Å². The zero-order chi connectivity index (χ0) is 12.6. The third kappa shape index (κ3) is 2.25. The summed E-state index contributed by atoms with van der Waals surface area (Å²) in [6.07, 6.45) is 2.62. The summed E-state index contributed by atoms with van der Waals surface area (Å²) in [5, 5.41) is 0.545. The van der Waals surface area contributed by atoms with E-state index in [-0.39, 0.29) is 11.9 Å². The second-order valence-electron chi connectivity index (χ2n) is 4.67. The molecule has 0 saturated carbocycles. The monoisotopic (exact) mass is 252 g/mol. The fourth-order valence-corrected chi connectivity index (χ4v) is 2.57. The third-order valence-corrected chi connectivity index (χ3v) is 3.62. The molecule has 0 bridgehead atoms. The summed E-state index contributed by atoms with van der Waals surface area (Å²) in [5.74, 6) is 0.175. The number of carbonyl (C=O) groups is 1. The van der Waals surface area contributed by atoms with E-state index in [0.717, 1.165) is 24.1 Å². The number of rotatable bonds is 1. The zero-order valence-corrected chi connectivity index (χ0v) is 10.9. The molecule has 1 fully saturated rings. The average Bonchev–Trinajstić information content (AvgIpc) is 2.25. The van der Waals surface area contributed by atoms with Gasteiger partial charge in [0.15, 0.2) is 0 Å². The van der Waals surface area contributed by atoms with Gasteiger partial charge in [-0.2, -0.15) is 0 Å². The Bertz CT molecular complexity index is 459. The van der Waals surface area contributed by atoms with Crippen molar-refractivity contribution in [2.24, 2.45) is 0 Å². The molecule has 1 aromatic carbocycles. The summed E-state index contributed by atoms with van der Waals surface area (Å²) in [4.78, 5) is 13.9. The summed E-state index contributed by atoms with van der Waals surface area (Å²) in [5.41, 5.74) is 8.23. The number of amides is 1. The summed E-state index contributed by atoms with van der Waals surface area (Å²) in [6, 6.07) is 3.86. The zero-order valence-electron chi connectivity index (χ0n) is 10.2. The number of anilines is 2. The normalized spacial score (nSPS) is 20.8. The number of piperidine rings is 1. The summed E-state index contributed by atoms with van der Waals surface area (Å²) >= 11 is 5.97. The van der Waals surface area contributed by atoms with Crippen molar-refractivity contribution < 1.29 is 4.79 Å². The molecule has 1 aromatic rings. The van der Waals surface area contributed by atoms with Crippen molar-refractivity contribution in [1.29, 1.82) is 0 Å². The van der Waals surface area contributed by atoms with Crippen molar-refractivity contribution in [2.75, 3.05) is 10.6 Å². The standard InChI is InChI=1S/C13H17ClN2O/c1-8-6-10(14)11(15)7-12(8)16-9(2)4-3-5-13(16)17/h6-7,9H,3-5,15H2,1-2H3. The van der Waals surface area contributed by atoms with Gasteiger partial charge in [0.25, 0.3) is 0 Å². The fourth-order valence-electron chi connectivity index (χ4n) is 2.35. The maximum Gasteiger partial charge on any atom is 0.227 e. The second-order valence-corrected chi connectivity index (χ2v) is 5.07. The molecule has 0 spiro atoms. The number of hydrogen-bond acceptors (Lipinski definition) is 2. The van der Waals surface area contributed by atoms with Gasteiger partial charge in [-0.05, 0) is 44.4 Å². The molecule has 2 N–H and O–H groups in total. The lowest BCUT2D eigenvalue weighted by molar-refractivity contribution is -0.120. The van der Waals surface area contributed by atoms with Crippen LogP contribution in [0, 0.1) is 6.92 Å². The number of aryl methyl sites for hydroxylation is 1. The van der Waals surface area contributed by atoms with Crippen molar-refractivity contribution in [3.05, 3.63) is 22.7 Å². The maximum atomic E-state index is 12.0. The van der Waals surface area contributed by atoms with Gasteiger partial charge in [0.05, 0.1) is 10.7 Å². The number of nitrogens with two attached hydrogens (primary N) is 1. The molecular formula is C13H17ClN2O. The number of benzene rings is 1. The molecule has 1 unspecified atom stereocenters. The minimum absolute atomic E-state index is 0.175. The minimum atomic E-state index is 0.175. The lowest BCUT2D eigenvalue weighted by Crippen LogP contribution is -2.42. The first-order valence-electron chi connectivity index (χ1n) is 5.88. The van der Waals surface area contributed by atoms with E-state index in [9.17, 15) is 4.79 Å². The van der Waals surface area contributed by atoms with E-state index in [1.165, 1.54) is 0 Å². The molecule has 92 valence electrons. The van der Waals surface area contributed by atoms with Crippen LogP contribution >= 0.6 is 11.6 Å². The molecule has 1 saturated heterocycles. The first kappa shape index (κ1) is 12.2. The second kappa shape index (κ2) is 4.57. The average molecular weight is 253 g/mol. The summed E-state index contributed by atoms with van der Waals surface area (Å²) in [7, 11) is 0. The van der Waals surface area contributed by atoms with Crippen LogP contribution in [0.1, 0.15) is 31.7 Å². The highest BCUT2D eigenvalue weighted by atomic mass is 35.5. The first-order valence-corrected chi connectivity index (χ1v) is 6.26. The van der Waals surface area contributed by atoms with Crippen LogP contribution in [0.25, 0.3) is 0 Å². The van der Waals surface area contributed by atoms with Gasteiger partial charge >= 0.3 is 0 Å². The lowest BCUT2D eigenvalue weighted by Gasteiger charge is -2.34. The van der Waals surface area contributed by atoms with Crippen LogP contribution in [0.15, 0.2) is 12.1 Å². The van der Waals surface area contributed by atoms with Crippen LogP contribution in [0.3, 0.4) is 0 Å². The summed E-state index contributed by atoms with van der Waals surface area (Å²) < 4.78 is 0. The Morgan fingerprint density at radius 2 is 2.18 bits per heavy atom. The van der Waals surface area contributed by atoms with Gasteiger partial charge in [-0.25, -0.2) is 0 Å². The quantitative estimate of drug-likeness (QED) is 0.781. The molecule has 0 radical (unpaired) electrons. The molecule has 1 amide bonds. The Balaban J connectivity index is 2.45. The van der Waals surface area contributed by atoms with E-state index < -0.39 is 0 Å². The highest BCUT2D eigenvalue weighted by Crippen LogP contribution is 2.33. The molecule has 1 heterocycles. The number of nitrogens with zero attached hydrogens (tertiary/aromatic N) is 1. The van der Waals surface area contributed by atoms with Gasteiger partial charge in [0, 0.05) is 18.2 Å². The molecule has 1 atom stereocenters. The SMILES string of the molecule is Cc1cc(Cl)c(N)cc1N1C(=O)CCCC1C. The number of hydrogen-bond donors (Lipinski definition) is 1. The van der Waals surface area contributed by atoms with Crippen molar-refractivity contribution in [1.82, 2.24) is 0 Å². The molecule has 3 nitrogen and oxygen atoms in total. The molecule has 0 aromatic heterocycles. The van der Waals surface area contributed by atoms with Gasteiger partial charge in [-0.3, -0.25) is 4.79 Å². The molecule has 1 aliphatic rings. The van der Waals surface area contributed by atoms with Crippen molar-refractivity contribution in [3.8, 4) is 0 Å². The Hall–Kier alpha value is -1.22. The van der Waals surface area contributed by atoms with Gasteiger partial charge in [0.1, 0.15) is 0 Å². The molecule has 1 aliphatic heterocycles. The van der Waals surface area contributed by atoms with Crippen LogP contribution in [0.5, 0.6) is 0 Å². The van der Waals surface area contributed by atoms with Gasteiger partial charge < -0.3 is 10.6 Å². The van der Waals surface area contributed by atoms with Gasteiger partial charge in [0.2, 0.25) is 5.91 Å². The van der Waals surface area contributed by atoms with Crippen molar-refractivity contribution in [2.45, 2.75) is 39.2 Å². The van der Waals surface area contributed by atoms with Gasteiger partial charge in [-0.15, -0.1) is 0 Å². The fraction of sp³-hybridized carbons (Fsp3) is 0.462. The summed E-state index contributed by atoms with van der Waals surface area (Å²) in [6.45, 7) is 4.02. The highest BCUT2D eigenvalue weighted by Gasteiger charge is 2.27. The van der Waals surface area contributed by atoms with Crippen LogP contribution in [-0.4, -0.2) is 11.9 Å². The largest absolute Gasteiger partial charge is 0.397 e. The maximum absolute atomic E-state index is 12.0. The predicted molar refractivity (Wildman–Crippen MR) is 71.4 cm³/mol. The Morgan fingerprint density at radius 1 is 1.47 bits per heavy atom. The van der Waals surface area contributed by atoms with E-state index in [4.69, 9.17) is 17.3 Å². The molecular weight excluding hydrogens is 236 g/mol. The predicted octanol–water partition coefficient (Wildman–Crippen LogP) is 3.14. The Morgan fingerprint density at radius 3 is 2.82 bits per heavy atom. The van der Waals surface area contributed by atoms with Crippen molar-refractivity contribution >= 4 is 28.9 Å². The first-order chi connectivity index (χ1) is 8.00. The topological polar surface area (TPSA) is 46.3 Å². The van der Waals surface area contributed by atoms with Gasteiger partial charge in [-0.1, -0.05) is 11.6 Å². The third-order valence-electron chi connectivity index (χ3n) is 3.30. The van der Waals surface area contributed by atoms with Crippen LogP contribution in [0.4, 0.5) is 11.4 Å². The molecule has 17 heavy (non-hydrogen) atoms. The Kier molecular flexibility index (Phi) is 3.29. The van der Waals surface area contributed by atoms with E-state index in [0.29, 0.717) is 17.1 Å². The van der Waals surface area contributed by atoms with Crippen molar-refractivity contribution in [3.63, 3.8) is 0 Å². The van der Waals surface area contributed by atoms with E-state index >= 15 is 0 Å². The number of halogens is 1. The van der Waals surface area contributed by atoms with Crippen LogP contribution in [-0.2, 0) is 4.79 Å². The molecule has 4 heteroatoms. The molecule has 0 aliphatic carbocycles. The Labute approximate surface area is 107 Å². The minimum Gasteiger partial charge on any atom is -0.397 e. The number of nitrogen functional groups attached to an aromatic ring is 1. The highest BCUT2D eigenvalue weighted by molar-refractivity contribution is 6.33. The van der Waals surface area contributed by atoms with Crippen LogP contribution < -0.4 is 10.6 Å². The number of carbonyl (C=O) groups excluding carboxylic acids is 1. The smallest absolute Gasteiger partial charge is 0.227 e. The van der Waals surface area contributed by atoms with E-state index in [1.807, 2.05) is 17.9 Å².